The zero-order chi connectivity index (χ0) is 23.6. The van der Waals surface area contributed by atoms with Crippen molar-refractivity contribution < 1.29 is 19.2 Å². The first-order valence-corrected chi connectivity index (χ1v) is 10.7. The van der Waals surface area contributed by atoms with E-state index in [0.29, 0.717) is 9.95 Å². The van der Waals surface area contributed by atoms with Crippen LogP contribution in [-0.2, 0) is 16.1 Å². The number of hydrogen-bond acceptors (Lipinski definition) is 8. The second-order valence-electron chi connectivity index (χ2n) is 6.80. The van der Waals surface area contributed by atoms with Gasteiger partial charge >= 0.3 is 5.97 Å². The van der Waals surface area contributed by atoms with Gasteiger partial charge in [0.2, 0.25) is 0 Å². The lowest BCUT2D eigenvalue weighted by Gasteiger charge is -2.21. The number of rotatable bonds is 10. The largest absolute Gasteiger partial charge is 0.481 e. The molecule has 0 N–H and O–H groups in total. The summed E-state index contributed by atoms with van der Waals surface area (Å²) in [5.74, 6) is 2.06. The predicted octanol–water partition coefficient (Wildman–Crippen LogP) is 4.82. The number of nitriles is 1. The van der Waals surface area contributed by atoms with E-state index in [0.717, 1.165) is 5.56 Å². The molecule has 0 fully saturated rings. The van der Waals surface area contributed by atoms with Crippen LogP contribution in [0.25, 0.3) is 0 Å². The number of terminal acetylenes is 1. The molecule has 0 amide bonds. The first-order valence-electron chi connectivity index (χ1n) is 9.47. The second kappa shape index (κ2) is 11.8. The van der Waals surface area contributed by atoms with Crippen molar-refractivity contribution in [3.05, 3.63) is 69.8 Å². The SMILES string of the molecule is C#CCOc1ccc([N+](=O)[O-])c(COC(=O)CCC(C)(C#N)SC(=S)c2ccccc2)c1. The molecule has 0 radical (unpaired) electrons. The van der Waals surface area contributed by atoms with Crippen LogP contribution in [0, 0.1) is 33.8 Å². The molecule has 2 aromatic rings. The van der Waals surface area contributed by atoms with Crippen LogP contribution in [0.15, 0.2) is 48.5 Å². The minimum Gasteiger partial charge on any atom is -0.481 e. The van der Waals surface area contributed by atoms with Crippen LogP contribution < -0.4 is 4.74 Å². The Morgan fingerprint density at radius 1 is 1.31 bits per heavy atom. The predicted molar refractivity (Wildman–Crippen MR) is 126 cm³/mol. The zero-order valence-corrected chi connectivity index (χ0v) is 18.9. The summed E-state index contributed by atoms with van der Waals surface area (Å²) >= 11 is 6.63. The summed E-state index contributed by atoms with van der Waals surface area (Å²) in [5, 5.41) is 20.9. The molecule has 7 nitrogen and oxygen atoms in total. The van der Waals surface area contributed by atoms with E-state index < -0.39 is 15.6 Å². The second-order valence-corrected chi connectivity index (χ2v) is 8.98. The van der Waals surface area contributed by atoms with Gasteiger partial charge in [0.1, 0.15) is 23.7 Å². The third-order valence-electron chi connectivity index (χ3n) is 4.33. The van der Waals surface area contributed by atoms with Gasteiger partial charge in [-0.05, 0) is 31.0 Å². The van der Waals surface area contributed by atoms with Crippen molar-refractivity contribution in [2.24, 2.45) is 0 Å². The third kappa shape index (κ3) is 7.38. The lowest BCUT2D eigenvalue weighted by Crippen LogP contribution is -2.22. The van der Waals surface area contributed by atoms with E-state index in [1.165, 1.54) is 30.0 Å². The minimum absolute atomic E-state index is 0.00624. The minimum atomic E-state index is -0.930. The molecular formula is C23H20N2O5S2. The van der Waals surface area contributed by atoms with Crippen molar-refractivity contribution in [1.29, 1.82) is 5.26 Å². The van der Waals surface area contributed by atoms with E-state index in [4.69, 9.17) is 28.1 Å². The maximum absolute atomic E-state index is 12.3. The molecule has 0 spiro atoms. The lowest BCUT2D eigenvalue weighted by atomic mass is 10.1. The van der Waals surface area contributed by atoms with Gasteiger partial charge in [-0.1, -0.05) is 60.2 Å². The average molecular weight is 469 g/mol. The molecule has 0 aliphatic heterocycles. The maximum atomic E-state index is 12.3. The van der Waals surface area contributed by atoms with Gasteiger partial charge in [-0.3, -0.25) is 14.9 Å². The molecule has 32 heavy (non-hydrogen) atoms. The molecule has 0 heterocycles. The number of esters is 1. The van der Waals surface area contributed by atoms with Gasteiger partial charge in [0, 0.05) is 12.5 Å². The maximum Gasteiger partial charge on any atom is 0.306 e. The van der Waals surface area contributed by atoms with Gasteiger partial charge in [-0.15, -0.1) is 6.42 Å². The molecule has 0 aliphatic rings. The molecule has 0 bridgehead atoms. The smallest absolute Gasteiger partial charge is 0.306 e. The van der Waals surface area contributed by atoms with Gasteiger partial charge in [0.15, 0.2) is 0 Å². The van der Waals surface area contributed by atoms with Crippen molar-refractivity contribution in [2.75, 3.05) is 6.61 Å². The van der Waals surface area contributed by atoms with Crippen molar-refractivity contribution in [1.82, 2.24) is 0 Å². The third-order valence-corrected chi connectivity index (χ3v) is 5.98. The topological polar surface area (TPSA) is 102 Å². The number of carbonyl (C=O) groups excluding carboxylic acids is 1. The quantitative estimate of drug-likeness (QED) is 0.161. The van der Waals surface area contributed by atoms with E-state index in [1.807, 2.05) is 30.3 Å². The van der Waals surface area contributed by atoms with Crippen LogP contribution in [0.3, 0.4) is 0 Å². The van der Waals surface area contributed by atoms with E-state index in [-0.39, 0.29) is 37.3 Å². The Morgan fingerprint density at radius 3 is 2.66 bits per heavy atom. The number of hydrogen-bond donors (Lipinski definition) is 0. The van der Waals surface area contributed by atoms with E-state index in [2.05, 4.69) is 12.0 Å². The zero-order valence-electron chi connectivity index (χ0n) is 17.3. The standard InChI is InChI=1S/C23H20N2O5S2/c1-3-13-29-19-9-10-20(25(27)28)18(14-19)15-30-21(26)11-12-23(2,16-24)32-22(31)17-7-5-4-6-8-17/h1,4-10,14H,11-13,15H2,2H3. The first kappa shape index (κ1) is 24.9. The van der Waals surface area contributed by atoms with Gasteiger partial charge in [-0.2, -0.15) is 5.26 Å². The number of nitro benzene ring substituents is 1. The Labute approximate surface area is 195 Å². The van der Waals surface area contributed by atoms with Crippen molar-refractivity contribution in [3.8, 4) is 24.2 Å². The first-order chi connectivity index (χ1) is 15.3. The number of benzene rings is 2. The number of nitrogens with zero attached hydrogens (tertiary/aromatic N) is 2. The molecular weight excluding hydrogens is 448 g/mol. The Morgan fingerprint density at radius 2 is 2.03 bits per heavy atom. The van der Waals surface area contributed by atoms with Crippen LogP contribution in [0.5, 0.6) is 5.75 Å². The Hall–Kier alpha value is -3.40. The Balaban J connectivity index is 1.97. The molecule has 1 unspecified atom stereocenters. The summed E-state index contributed by atoms with van der Waals surface area (Å²) in [6.07, 6.45) is 5.30. The molecule has 2 aromatic carbocycles. The van der Waals surface area contributed by atoms with Crippen LogP contribution in [0.2, 0.25) is 0 Å². The molecule has 164 valence electrons. The molecule has 0 aromatic heterocycles. The van der Waals surface area contributed by atoms with Gasteiger partial charge in [-0.25, -0.2) is 0 Å². The molecule has 0 saturated carbocycles. The number of nitro groups is 1. The molecule has 1 atom stereocenters. The summed E-state index contributed by atoms with van der Waals surface area (Å²) in [4.78, 5) is 23.0. The van der Waals surface area contributed by atoms with Gasteiger partial charge in [0.05, 0.1) is 20.8 Å². The fourth-order valence-electron chi connectivity index (χ4n) is 2.61. The molecule has 0 saturated heterocycles. The van der Waals surface area contributed by atoms with Crippen LogP contribution in [0.1, 0.15) is 30.9 Å². The van der Waals surface area contributed by atoms with Crippen molar-refractivity contribution >= 4 is 39.8 Å². The Kier molecular flexibility index (Phi) is 9.21. The Bertz CT molecular complexity index is 1080. The molecule has 2 rings (SSSR count). The summed E-state index contributed by atoms with van der Waals surface area (Å²) in [5.41, 5.74) is 0.813. The number of ether oxygens (including phenoxy) is 2. The van der Waals surface area contributed by atoms with Crippen LogP contribution in [-0.4, -0.2) is 26.4 Å². The normalized spacial score (nSPS) is 12.0. The summed E-state index contributed by atoms with van der Waals surface area (Å²) in [7, 11) is 0. The summed E-state index contributed by atoms with van der Waals surface area (Å²) in [6.45, 7) is 1.41. The van der Waals surface area contributed by atoms with E-state index >= 15 is 0 Å². The highest BCUT2D eigenvalue weighted by molar-refractivity contribution is 8.24. The van der Waals surface area contributed by atoms with E-state index in [9.17, 15) is 20.2 Å². The molecule has 0 aliphatic carbocycles. The lowest BCUT2D eigenvalue weighted by molar-refractivity contribution is -0.385. The highest BCUT2D eigenvalue weighted by atomic mass is 32.2. The van der Waals surface area contributed by atoms with Gasteiger partial charge in [0.25, 0.3) is 5.69 Å². The van der Waals surface area contributed by atoms with Crippen molar-refractivity contribution in [3.63, 3.8) is 0 Å². The summed E-state index contributed by atoms with van der Waals surface area (Å²) in [6, 6.07) is 15.6. The highest BCUT2D eigenvalue weighted by Gasteiger charge is 2.28. The number of thiocarbonyl (C=S) groups is 1. The van der Waals surface area contributed by atoms with Gasteiger partial charge < -0.3 is 9.47 Å². The van der Waals surface area contributed by atoms with Crippen LogP contribution in [0.4, 0.5) is 5.69 Å². The fraction of sp³-hybridized carbons (Fsp3) is 0.261. The summed E-state index contributed by atoms with van der Waals surface area (Å²) < 4.78 is 10.1. The monoisotopic (exact) mass is 468 g/mol. The molecule has 9 heteroatoms. The van der Waals surface area contributed by atoms with Crippen LogP contribution >= 0.6 is 24.0 Å². The number of carbonyl (C=O) groups is 1. The van der Waals surface area contributed by atoms with E-state index in [1.54, 1.807) is 6.92 Å². The fourth-order valence-corrected chi connectivity index (χ4v) is 4.21. The van der Waals surface area contributed by atoms with Crippen molar-refractivity contribution in [2.45, 2.75) is 31.1 Å². The number of thioether (sulfide) groups is 1. The average Bonchev–Trinajstić information content (AvgIpc) is 2.80. The highest BCUT2D eigenvalue weighted by Crippen LogP contribution is 2.33.